The molecule has 0 saturated carbocycles. The van der Waals surface area contributed by atoms with Gasteiger partial charge in [-0.25, -0.2) is 0 Å². The van der Waals surface area contributed by atoms with Gasteiger partial charge in [0.2, 0.25) is 0 Å². The van der Waals surface area contributed by atoms with E-state index in [-0.39, 0.29) is 12.2 Å². The van der Waals surface area contributed by atoms with Gasteiger partial charge in [-0.15, -0.1) is 0 Å². The van der Waals surface area contributed by atoms with Crippen LogP contribution in [-0.4, -0.2) is 14.6 Å². The molecule has 1 heterocycles. The first kappa shape index (κ1) is 15.5. The summed E-state index contributed by atoms with van der Waals surface area (Å²) >= 11 is 11.8. The lowest BCUT2D eigenvalue weighted by molar-refractivity contribution is -0.385. The number of hydrogen-bond donors (Lipinski definition) is 1. The minimum atomic E-state index is -1.11. The Morgan fingerprint density at radius 2 is 2.00 bits per heavy atom. The smallest absolute Gasteiger partial charge is 0.285 e. The quantitative estimate of drug-likeness (QED) is 0.690. The first-order valence-electron chi connectivity index (χ1n) is 5.86. The molecule has 0 aliphatic rings. The second kappa shape index (κ2) is 6.26. The van der Waals surface area contributed by atoms with E-state index < -0.39 is 16.6 Å². The van der Waals surface area contributed by atoms with E-state index in [1.165, 1.54) is 12.1 Å². The maximum atomic E-state index is 11.7. The number of aliphatic hydroxyl groups excluding tert-OH is 1. The van der Waals surface area contributed by atoms with E-state index in [4.69, 9.17) is 23.2 Å². The van der Waals surface area contributed by atoms with Gasteiger partial charge in [-0.2, -0.15) is 0 Å². The summed E-state index contributed by atoms with van der Waals surface area (Å²) in [6.07, 6.45) is -0.0415. The third-order valence-corrected chi connectivity index (χ3v) is 3.44. The number of aromatic nitrogens is 1. The number of nitro groups is 1. The van der Waals surface area contributed by atoms with E-state index >= 15 is 0 Å². The van der Waals surface area contributed by atoms with Crippen LogP contribution in [0.1, 0.15) is 11.7 Å². The van der Waals surface area contributed by atoms with Gasteiger partial charge in [-0.1, -0.05) is 23.2 Å². The van der Waals surface area contributed by atoms with E-state index in [2.05, 4.69) is 0 Å². The van der Waals surface area contributed by atoms with Crippen LogP contribution in [0.4, 0.5) is 5.69 Å². The molecule has 1 atom stereocenters. The molecule has 2 aromatic rings. The lowest BCUT2D eigenvalue weighted by Crippen LogP contribution is -2.22. The number of nitrogens with zero attached hydrogens (tertiary/aromatic N) is 2. The number of halogens is 2. The van der Waals surface area contributed by atoms with E-state index in [1.807, 2.05) is 0 Å². The molecular weight excluding hydrogens is 319 g/mol. The minimum Gasteiger partial charge on any atom is -0.386 e. The molecule has 1 aromatic carbocycles. The summed E-state index contributed by atoms with van der Waals surface area (Å²) < 4.78 is 1.06. The highest BCUT2D eigenvalue weighted by atomic mass is 35.5. The maximum Gasteiger partial charge on any atom is 0.285 e. The van der Waals surface area contributed by atoms with Gasteiger partial charge in [0.25, 0.3) is 11.2 Å². The molecule has 0 bridgehead atoms. The molecule has 8 heteroatoms. The Morgan fingerprint density at radius 3 is 2.67 bits per heavy atom. The molecule has 21 heavy (non-hydrogen) atoms. The average molecular weight is 329 g/mol. The van der Waals surface area contributed by atoms with Gasteiger partial charge in [0.1, 0.15) is 0 Å². The molecule has 1 aromatic heterocycles. The van der Waals surface area contributed by atoms with Crippen molar-refractivity contribution in [1.29, 1.82) is 0 Å². The van der Waals surface area contributed by atoms with Crippen LogP contribution in [0, 0.1) is 10.1 Å². The second-order valence-corrected chi connectivity index (χ2v) is 5.16. The van der Waals surface area contributed by atoms with Gasteiger partial charge in [0.15, 0.2) is 0 Å². The molecule has 2 rings (SSSR count). The van der Waals surface area contributed by atoms with E-state index in [9.17, 15) is 20.0 Å². The fraction of sp³-hybridized carbons (Fsp3) is 0.154. The van der Waals surface area contributed by atoms with Gasteiger partial charge in [0, 0.05) is 27.7 Å². The Labute approximate surface area is 129 Å². The first-order chi connectivity index (χ1) is 9.88. The molecule has 6 nitrogen and oxygen atoms in total. The van der Waals surface area contributed by atoms with Crippen molar-refractivity contribution in [1.82, 2.24) is 4.57 Å². The summed E-state index contributed by atoms with van der Waals surface area (Å²) in [4.78, 5) is 21.8. The van der Waals surface area contributed by atoms with Crippen molar-refractivity contribution in [2.24, 2.45) is 0 Å². The van der Waals surface area contributed by atoms with Crippen molar-refractivity contribution in [3.05, 3.63) is 72.6 Å². The lowest BCUT2D eigenvalue weighted by atomic mass is 10.1. The molecule has 0 saturated heterocycles. The number of benzene rings is 1. The first-order valence-corrected chi connectivity index (χ1v) is 6.62. The second-order valence-electron chi connectivity index (χ2n) is 4.32. The van der Waals surface area contributed by atoms with Crippen molar-refractivity contribution < 1.29 is 10.0 Å². The van der Waals surface area contributed by atoms with Crippen molar-refractivity contribution in [3.63, 3.8) is 0 Å². The molecule has 0 radical (unpaired) electrons. The highest BCUT2D eigenvalue weighted by molar-refractivity contribution is 6.33. The molecule has 0 spiro atoms. The molecule has 110 valence electrons. The van der Waals surface area contributed by atoms with E-state index in [0.29, 0.717) is 15.6 Å². The Bertz CT molecular complexity index is 745. The van der Waals surface area contributed by atoms with Crippen LogP contribution in [0.15, 0.2) is 41.3 Å². The zero-order valence-corrected chi connectivity index (χ0v) is 12.1. The lowest BCUT2D eigenvalue weighted by Gasteiger charge is -2.14. The Kier molecular flexibility index (Phi) is 4.62. The third kappa shape index (κ3) is 3.60. The standard InChI is InChI=1S/C13H10Cl2N2O4/c14-8-1-3-11(15)10(5-8)12(18)7-16-6-9(17(20)21)2-4-13(16)19/h1-6,12,18H,7H2/t12-/m1/s1. The van der Waals surface area contributed by atoms with E-state index in [1.54, 1.807) is 6.07 Å². The summed E-state index contributed by atoms with van der Waals surface area (Å²) in [5.74, 6) is 0. The van der Waals surface area contributed by atoms with Crippen LogP contribution in [0.5, 0.6) is 0 Å². The molecule has 0 aliphatic heterocycles. The predicted octanol–water partition coefficient (Wildman–Crippen LogP) is 2.80. The van der Waals surface area contributed by atoms with Crippen molar-refractivity contribution in [2.75, 3.05) is 0 Å². The predicted molar refractivity (Wildman–Crippen MR) is 78.8 cm³/mol. The molecule has 0 aliphatic carbocycles. The number of rotatable bonds is 4. The minimum absolute atomic E-state index is 0.166. The van der Waals surface area contributed by atoms with Gasteiger partial charge < -0.3 is 9.67 Å². The highest BCUT2D eigenvalue weighted by Gasteiger charge is 2.15. The Hall–Kier alpha value is -1.89. The van der Waals surface area contributed by atoms with Crippen molar-refractivity contribution >= 4 is 28.9 Å². The molecule has 0 unspecified atom stereocenters. The van der Waals surface area contributed by atoms with Crippen LogP contribution in [0.3, 0.4) is 0 Å². The fourth-order valence-electron chi connectivity index (χ4n) is 1.82. The zero-order chi connectivity index (χ0) is 15.6. The van der Waals surface area contributed by atoms with Crippen molar-refractivity contribution in [2.45, 2.75) is 12.6 Å². The van der Waals surface area contributed by atoms with Crippen molar-refractivity contribution in [3.8, 4) is 0 Å². The van der Waals surface area contributed by atoms with Crippen LogP contribution in [-0.2, 0) is 6.54 Å². The monoisotopic (exact) mass is 328 g/mol. The third-order valence-electron chi connectivity index (χ3n) is 2.87. The number of hydrogen-bond acceptors (Lipinski definition) is 4. The van der Waals surface area contributed by atoms with Gasteiger partial charge in [-0.3, -0.25) is 14.9 Å². The van der Waals surface area contributed by atoms with Crippen LogP contribution < -0.4 is 5.56 Å². The Morgan fingerprint density at radius 1 is 1.29 bits per heavy atom. The molecular formula is C13H10Cl2N2O4. The Balaban J connectivity index is 2.33. The molecule has 0 amide bonds. The summed E-state index contributed by atoms with van der Waals surface area (Å²) in [6, 6.07) is 6.76. The van der Waals surface area contributed by atoms with Crippen LogP contribution in [0.25, 0.3) is 0 Å². The summed E-state index contributed by atoms with van der Waals surface area (Å²) in [5, 5.41) is 21.6. The largest absolute Gasteiger partial charge is 0.386 e. The van der Waals surface area contributed by atoms with E-state index in [0.717, 1.165) is 22.9 Å². The summed E-state index contributed by atoms with van der Waals surface area (Å²) in [6.45, 7) is -0.166. The normalized spacial score (nSPS) is 12.1. The van der Waals surface area contributed by atoms with Crippen LogP contribution in [0.2, 0.25) is 10.0 Å². The fourth-order valence-corrected chi connectivity index (χ4v) is 2.25. The summed E-state index contributed by atoms with van der Waals surface area (Å²) in [7, 11) is 0. The zero-order valence-electron chi connectivity index (χ0n) is 10.6. The number of pyridine rings is 1. The number of aliphatic hydroxyl groups is 1. The van der Waals surface area contributed by atoms with Crippen LogP contribution >= 0.6 is 23.2 Å². The average Bonchev–Trinajstić information content (AvgIpc) is 2.43. The SMILES string of the molecule is O=c1ccc([N+](=O)[O-])cn1C[C@@H](O)c1cc(Cl)ccc1Cl. The van der Waals surface area contributed by atoms with Gasteiger partial charge in [-0.05, 0) is 18.2 Å². The topological polar surface area (TPSA) is 85.4 Å². The summed E-state index contributed by atoms with van der Waals surface area (Å²) in [5.41, 5.74) is -0.348. The molecule has 0 fully saturated rings. The maximum absolute atomic E-state index is 11.7. The van der Waals surface area contributed by atoms with Gasteiger partial charge in [0.05, 0.1) is 23.8 Å². The molecule has 1 N–H and O–H groups in total. The highest BCUT2D eigenvalue weighted by Crippen LogP contribution is 2.27. The van der Waals surface area contributed by atoms with Gasteiger partial charge >= 0.3 is 0 Å².